The Kier molecular flexibility index (Phi) is 6.75. The molecule has 1 aromatic carbocycles. The van der Waals surface area contributed by atoms with Gasteiger partial charge in [0.25, 0.3) is 5.91 Å². The second kappa shape index (κ2) is 8.80. The number of nitrogens with one attached hydrogen (secondary N) is 3. The molecule has 0 radical (unpaired) electrons. The van der Waals surface area contributed by atoms with Gasteiger partial charge in [-0.1, -0.05) is 12.1 Å². The van der Waals surface area contributed by atoms with Crippen molar-refractivity contribution >= 4 is 11.8 Å². The Hall–Kier alpha value is -1.92. The van der Waals surface area contributed by atoms with Crippen LogP contribution in [0.15, 0.2) is 24.3 Å². The monoisotopic (exact) mass is 333 g/mol. The molecule has 0 aliphatic carbocycles. The number of methoxy groups -OCH3 is 1. The van der Waals surface area contributed by atoms with E-state index in [4.69, 9.17) is 4.74 Å². The highest BCUT2D eigenvalue weighted by Crippen LogP contribution is 2.29. The van der Waals surface area contributed by atoms with E-state index >= 15 is 0 Å². The molecule has 0 spiro atoms. The van der Waals surface area contributed by atoms with Crippen molar-refractivity contribution in [1.82, 2.24) is 16.0 Å². The average Bonchev–Trinajstić information content (AvgIpc) is 2.61. The van der Waals surface area contributed by atoms with Crippen LogP contribution >= 0.6 is 0 Å². The highest BCUT2D eigenvalue weighted by Gasteiger charge is 2.39. The third kappa shape index (κ3) is 4.55. The van der Waals surface area contributed by atoms with Crippen molar-refractivity contribution in [2.75, 3.05) is 33.4 Å². The Labute approximate surface area is 143 Å². The van der Waals surface area contributed by atoms with Crippen LogP contribution < -0.4 is 16.0 Å². The van der Waals surface area contributed by atoms with E-state index in [0.717, 1.165) is 31.5 Å². The Bertz CT molecular complexity index is 563. The van der Waals surface area contributed by atoms with Crippen molar-refractivity contribution in [2.24, 2.45) is 5.41 Å². The first-order chi connectivity index (χ1) is 11.6. The molecule has 0 aromatic heterocycles. The molecule has 0 saturated carbocycles. The van der Waals surface area contributed by atoms with Gasteiger partial charge in [0.15, 0.2) is 0 Å². The standard InChI is InChI=1S/C18H27N3O3/c1-3-20-16(22)15-6-4-5-14(11-15)12-21-17(23)18(13-24-2)7-9-19-10-8-18/h4-6,11,19H,3,7-10,12-13H2,1-2H3,(H,20,22)(H,21,23). The second-order valence-corrected chi connectivity index (χ2v) is 6.21. The second-order valence-electron chi connectivity index (χ2n) is 6.21. The smallest absolute Gasteiger partial charge is 0.251 e. The van der Waals surface area contributed by atoms with E-state index in [-0.39, 0.29) is 11.8 Å². The summed E-state index contributed by atoms with van der Waals surface area (Å²) in [4.78, 5) is 24.6. The average molecular weight is 333 g/mol. The Morgan fingerprint density at radius 2 is 2.00 bits per heavy atom. The van der Waals surface area contributed by atoms with Gasteiger partial charge >= 0.3 is 0 Å². The van der Waals surface area contributed by atoms with E-state index < -0.39 is 5.41 Å². The molecule has 2 amide bonds. The third-order valence-electron chi connectivity index (χ3n) is 4.44. The number of hydrogen-bond acceptors (Lipinski definition) is 4. The van der Waals surface area contributed by atoms with Crippen molar-refractivity contribution in [2.45, 2.75) is 26.3 Å². The number of amides is 2. The first kappa shape index (κ1) is 18.4. The number of rotatable bonds is 7. The highest BCUT2D eigenvalue weighted by atomic mass is 16.5. The van der Waals surface area contributed by atoms with Gasteiger partial charge in [-0.2, -0.15) is 0 Å². The Morgan fingerprint density at radius 1 is 1.25 bits per heavy atom. The van der Waals surface area contributed by atoms with E-state index in [2.05, 4.69) is 16.0 Å². The number of piperidine rings is 1. The molecule has 0 bridgehead atoms. The minimum absolute atomic E-state index is 0.0225. The first-order valence-corrected chi connectivity index (χ1v) is 8.46. The van der Waals surface area contributed by atoms with Crippen LogP contribution in [0.1, 0.15) is 35.7 Å². The van der Waals surface area contributed by atoms with E-state index in [1.165, 1.54) is 0 Å². The third-order valence-corrected chi connectivity index (χ3v) is 4.44. The normalized spacial score (nSPS) is 16.4. The molecule has 1 fully saturated rings. The molecule has 24 heavy (non-hydrogen) atoms. The molecule has 132 valence electrons. The zero-order valence-corrected chi connectivity index (χ0v) is 14.5. The fraction of sp³-hybridized carbons (Fsp3) is 0.556. The summed E-state index contributed by atoms with van der Waals surface area (Å²) in [6.45, 7) is 4.96. The van der Waals surface area contributed by atoms with E-state index in [1.807, 2.05) is 25.1 Å². The molecule has 1 aliphatic rings. The van der Waals surface area contributed by atoms with Gasteiger partial charge in [0.1, 0.15) is 0 Å². The van der Waals surface area contributed by atoms with E-state index in [9.17, 15) is 9.59 Å². The molecule has 1 aliphatic heterocycles. The number of benzene rings is 1. The maximum absolute atomic E-state index is 12.7. The SMILES string of the molecule is CCNC(=O)c1cccc(CNC(=O)C2(COC)CCNCC2)c1. The number of ether oxygens (including phenoxy) is 1. The van der Waals surface area contributed by atoms with Crippen LogP contribution in [0.2, 0.25) is 0 Å². The van der Waals surface area contributed by atoms with Crippen LogP contribution in [0.3, 0.4) is 0 Å². The molecule has 3 N–H and O–H groups in total. The lowest BCUT2D eigenvalue weighted by Crippen LogP contribution is -2.49. The molecule has 2 rings (SSSR count). The molecule has 0 unspecified atom stereocenters. The van der Waals surface area contributed by atoms with Gasteiger partial charge in [0.2, 0.25) is 5.91 Å². The van der Waals surface area contributed by atoms with Gasteiger partial charge in [0, 0.05) is 25.8 Å². The maximum Gasteiger partial charge on any atom is 0.251 e. The summed E-state index contributed by atoms with van der Waals surface area (Å²) in [6.07, 6.45) is 1.54. The molecular formula is C18H27N3O3. The molecule has 1 heterocycles. The summed E-state index contributed by atoms with van der Waals surface area (Å²) in [5, 5.41) is 9.07. The predicted octanol–water partition coefficient (Wildman–Crippen LogP) is 1.07. The first-order valence-electron chi connectivity index (χ1n) is 8.46. The summed E-state index contributed by atoms with van der Waals surface area (Å²) in [6, 6.07) is 7.34. The lowest BCUT2D eigenvalue weighted by molar-refractivity contribution is -0.136. The predicted molar refractivity (Wildman–Crippen MR) is 92.7 cm³/mol. The van der Waals surface area contributed by atoms with Crippen molar-refractivity contribution < 1.29 is 14.3 Å². The largest absolute Gasteiger partial charge is 0.384 e. The van der Waals surface area contributed by atoms with Gasteiger partial charge in [-0.25, -0.2) is 0 Å². The number of hydrogen-bond donors (Lipinski definition) is 3. The summed E-state index contributed by atoms with van der Waals surface area (Å²) in [7, 11) is 1.63. The van der Waals surface area contributed by atoms with Crippen LogP contribution in [0.25, 0.3) is 0 Å². The Morgan fingerprint density at radius 3 is 2.67 bits per heavy atom. The number of carbonyl (C=O) groups excluding carboxylic acids is 2. The molecule has 1 saturated heterocycles. The summed E-state index contributed by atoms with van der Waals surface area (Å²) in [5.41, 5.74) is 1.06. The van der Waals surface area contributed by atoms with Gasteiger partial charge in [-0.3, -0.25) is 9.59 Å². The zero-order chi connectivity index (χ0) is 17.4. The fourth-order valence-corrected chi connectivity index (χ4v) is 3.07. The lowest BCUT2D eigenvalue weighted by Gasteiger charge is -2.35. The quantitative estimate of drug-likeness (QED) is 0.697. The molecule has 1 aromatic rings. The van der Waals surface area contributed by atoms with Crippen LogP contribution in [0.5, 0.6) is 0 Å². The van der Waals surface area contributed by atoms with Crippen LogP contribution in [-0.4, -0.2) is 45.2 Å². The van der Waals surface area contributed by atoms with Gasteiger partial charge in [0.05, 0.1) is 12.0 Å². The van der Waals surface area contributed by atoms with Gasteiger partial charge in [-0.15, -0.1) is 0 Å². The maximum atomic E-state index is 12.7. The zero-order valence-electron chi connectivity index (χ0n) is 14.5. The number of carbonyl (C=O) groups is 2. The van der Waals surface area contributed by atoms with Gasteiger partial charge in [-0.05, 0) is 50.6 Å². The molecule has 0 atom stereocenters. The van der Waals surface area contributed by atoms with E-state index in [0.29, 0.717) is 25.3 Å². The summed E-state index contributed by atoms with van der Waals surface area (Å²) < 4.78 is 5.29. The van der Waals surface area contributed by atoms with Crippen molar-refractivity contribution in [3.05, 3.63) is 35.4 Å². The highest BCUT2D eigenvalue weighted by molar-refractivity contribution is 5.94. The Balaban J connectivity index is 2.00. The summed E-state index contributed by atoms with van der Waals surface area (Å²) in [5.74, 6) is -0.0749. The molecule has 6 heteroatoms. The van der Waals surface area contributed by atoms with E-state index in [1.54, 1.807) is 13.2 Å². The van der Waals surface area contributed by atoms with Crippen molar-refractivity contribution in [3.8, 4) is 0 Å². The van der Waals surface area contributed by atoms with Crippen LogP contribution in [0, 0.1) is 5.41 Å². The van der Waals surface area contributed by atoms with Crippen LogP contribution in [-0.2, 0) is 16.1 Å². The topological polar surface area (TPSA) is 79.5 Å². The van der Waals surface area contributed by atoms with Crippen LogP contribution in [0.4, 0.5) is 0 Å². The molecule has 6 nitrogen and oxygen atoms in total. The van der Waals surface area contributed by atoms with Crippen molar-refractivity contribution in [1.29, 1.82) is 0 Å². The van der Waals surface area contributed by atoms with Crippen molar-refractivity contribution in [3.63, 3.8) is 0 Å². The molecular weight excluding hydrogens is 306 g/mol. The van der Waals surface area contributed by atoms with Gasteiger partial charge < -0.3 is 20.7 Å². The minimum Gasteiger partial charge on any atom is -0.384 e. The minimum atomic E-state index is -0.461. The summed E-state index contributed by atoms with van der Waals surface area (Å²) >= 11 is 0. The fourth-order valence-electron chi connectivity index (χ4n) is 3.07. The lowest BCUT2D eigenvalue weighted by atomic mass is 9.78.